The van der Waals surface area contributed by atoms with Crippen LogP contribution < -0.4 is 0 Å². The van der Waals surface area contributed by atoms with Crippen LogP contribution in [0.25, 0.3) is 0 Å². The first-order valence-corrected chi connectivity index (χ1v) is 6.25. The lowest BCUT2D eigenvalue weighted by Crippen LogP contribution is -2.19. The van der Waals surface area contributed by atoms with Crippen molar-refractivity contribution in [3.8, 4) is 0 Å². The molecule has 0 aliphatic heterocycles. The van der Waals surface area contributed by atoms with Crippen molar-refractivity contribution in [2.24, 2.45) is 0 Å². The Kier molecular flexibility index (Phi) is 3.93. The molecule has 0 aromatic rings. The zero-order chi connectivity index (χ0) is 9.99. The molecule has 72 valence electrons. The monoisotopic (exact) mass is 219 g/mol. The number of carbonyl (C=O) groups is 1. The lowest BCUT2D eigenvalue weighted by atomic mass is 10.5. The van der Waals surface area contributed by atoms with Gasteiger partial charge in [0, 0.05) is 0 Å². The third-order valence-corrected chi connectivity index (χ3v) is 3.38. The maximum absolute atomic E-state index is 10.3. The van der Waals surface area contributed by atoms with Gasteiger partial charge in [-0.3, -0.25) is 9.36 Å². The van der Waals surface area contributed by atoms with Gasteiger partial charge in [0.05, 0.1) is 0 Å². The van der Waals surface area contributed by atoms with E-state index in [4.69, 9.17) is 24.5 Å². The molecule has 0 amide bonds. The van der Waals surface area contributed by atoms with Crippen LogP contribution in [0.3, 0.4) is 0 Å². The summed E-state index contributed by atoms with van der Waals surface area (Å²) in [5.41, 5.74) is -1.81. The van der Waals surface area contributed by atoms with E-state index in [1.54, 1.807) is 0 Å². The van der Waals surface area contributed by atoms with Gasteiger partial charge in [-0.15, -0.1) is 0 Å². The van der Waals surface area contributed by atoms with Gasteiger partial charge in [-0.2, -0.15) is 14.7 Å². The summed E-state index contributed by atoms with van der Waals surface area (Å²) in [5.74, 6) is 0. The van der Waals surface area contributed by atoms with Crippen LogP contribution in [0.1, 0.15) is 0 Å². The third-order valence-electron chi connectivity index (χ3n) is 1.03. The van der Waals surface area contributed by atoms with Gasteiger partial charge in [0.2, 0.25) is 5.66 Å². The highest BCUT2D eigenvalue weighted by Gasteiger charge is 2.46. The van der Waals surface area contributed by atoms with E-state index < -0.39 is 27.4 Å². The molecule has 0 fully saturated rings. The second-order valence-electron chi connectivity index (χ2n) is 2.17. The smallest absolute Gasteiger partial charge is 0.324 e. The van der Waals surface area contributed by atoms with Crippen LogP contribution >= 0.6 is 15.5 Å². The molecule has 0 heterocycles. The SMILES string of the molecule is O=CC(CP(=O)(O)O)[P+](O)(O)O. The maximum atomic E-state index is 10.3. The first kappa shape index (κ1) is 12.1. The molecule has 9 heteroatoms. The molecular weight excluding hydrogens is 210 g/mol. The quantitative estimate of drug-likeness (QED) is 0.286. The summed E-state index contributed by atoms with van der Waals surface area (Å²) in [4.78, 5) is 52.1. The molecule has 5 N–H and O–H groups in total. The number of carbonyl (C=O) groups excluding carboxylic acids is 1. The molecular formula is C3H9O7P2+. The lowest BCUT2D eigenvalue weighted by molar-refractivity contribution is -0.107. The lowest BCUT2D eigenvalue weighted by Gasteiger charge is -2.11. The number of aldehydes is 1. The minimum Gasteiger partial charge on any atom is -0.324 e. The van der Waals surface area contributed by atoms with Gasteiger partial charge >= 0.3 is 15.5 Å². The number of rotatable bonds is 4. The summed E-state index contributed by atoms with van der Waals surface area (Å²) >= 11 is 0. The molecule has 0 saturated heterocycles. The van der Waals surface area contributed by atoms with Crippen LogP contribution in [-0.4, -0.2) is 42.6 Å². The first-order valence-electron chi connectivity index (χ1n) is 2.73. The Balaban J connectivity index is 4.40. The minimum absolute atomic E-state index is 0.0904. The fraction of sp³-hybridized carbons (Fsp3) is 0.667. The van der Waals surface area contributed by atoms with Crippen LogP contribution in [0.2, 0.25) is 0 Å². The summed E-state index contributed by atoms with van der Waals surface area (Å²) in [7, 11) is -9.00. The minimum atomic E-state index is -4.52. The van der Waals surface area contributed by atoms with Crippen LogP contribution in [0.5, 0.6) is 0 Å². The van der Waals surface area contributed by atoms with Gasteiger partial charge in [0.1, 0.15) is 6.16 Å². The molecule has 0 aliphatic carbocycles. The Bertz CT molecular complexity index is 201. The van der Waals surface area contributed by atoms with Crippen LogP contribution in [0, 0.1) is 0 Å². The average molecular weight is 219 g/mol. The highest BCUT2D eigenvalue weighted by atomic mass is 31.2. The van der Waals surface area contributed by atoms with Crippen molar-refractivity contribution in [1.82, 2.24) is 0 Å². The van der Waals surface area contributed by atoms with Gasteiger partial charge in [-0.1, -0.05) is 0 Å². The van der Waals surface area contributed by atoms with Crippen molar-refractivity contribution in [2.45, 2.75) is 5.66 Å². The van der Waals surface area contributed by atoms with Gasteiger partial charge in [0.25, 0.3) is 0 Å². The molecule has 0 aromatic carbocycles. The molecule has 0 spiro atoms. The molecule has 0 rings (SSSR count). The summed E-state index contributed by atoms with van der Waals surface area (Å²) in [6.07, 6.45) is -1.15. The molecule has 0 radical (unpaired) electrons. The summed E-state index contributed by atoms with van der Waals surface area (Å²) < 4.78 is 10.3. The summed E-state index contributed by atoms with van der Waals surface area (Å²) in [6.45, 7) is 0. The topological polar surface area (TPSA) is 135 Å². The predicted molar refractivity (Wildman–Crippen MR) is 40.3 cm³/mol. The Hall–Kier alpha value is 0.130. The maximum Gasteiger partial charge on any atom is 0.415 e. The second-order valence-corrected chi connectivity index (χ2v) is 5.75. The largest absolute Gasteiger partial charge is 0.415 e. The molecule has 1 atom stereocenters. The second kappa shape index (κ2) is 3.89. The van der Waals surface area contributed by atoms with Gasteiger partial charge in [-0.25, -0.2) is 0 Å². The Morgan fingerprint density at radius 3 is 1.83 bits per heavy atom. The zero-order valence-electron chi connectivity index (χ0n) is 5.81. The van der Waals surface area contributed by atoms with E-state index in [0.29, 0.717) is 0 Å². The highest BCUT2D eigenvalue weighted by molar-refractivity contribution is 7.62. The summed E-state index contributed by atoms with van der Waals surface area (Å²) in [5, 5.41) is 0. The van der Waals surface area contributed by atoms with E-state index >= 15 is 0 Å². The van der Waals surface area contributed by atoms with Gasteiger partial charge < -0.3 is 9.79 Å². The number of hydrogen-bond acceptors (Lipinski definition) is 5. The van der Waals surface area contributed by atoms with Crippen LogP contribution in [0.4, 0.5) is 0 Å². The van der Waals surface area contributed by atoms with Crippen molar-refractivity contribution in [3.63, 3.8) is 0 Å². The Morgan fingerprint density at radius 2 is 1.75 bits per heavy atom. The van der Waals surface area contributed by atoms with E-state index in [-0.39, 0.29) is 6.29 Å². The molecule has 1 unspecified atom stereocenters. The van der Waals surface area contributed by atoms with E-state index in [1.807, 2.05) is 0 Å². The van der Waals surface area contributed by atoms with Crippen molar-refractivity contribution in [2.75, 3.05) is 6.16 Å². The summed E-state index contributed by atoms with van der Waals surface area (Å²) in [6, 6.07) is 0. The van der Waals surface area contributed by atoms with Crippen molar-refractivity contribution >= 4 is 21.8 Å². The molecule has 0 saturated carbocycles. The van der Waals surface area contributed by atoms with E-state index in [2.05, 4.69) is 0 Å². The fourth-order valence-corrected chi connectivity index (χ4v) is 2.73. The van der Waals surface area contributed by atoms with Crippen molar-refractivity contribution in [1.29, 1.82) is 0 Å². The molecule has 12 heavy (non-hydrogen) atoms. The first-order chi connectivity index (χ1) is 5.17. The van der Waals surface area contributed by atoms with Crippen LogP contribution in [-0.2, 0) is 9.36 Å². The van der Waals surface area contributed by atoms with Crippen molar-refractivity contribution in [3.05, 3.63) is 0 Å². The Morgan fingerprint density at radius 1 is 1.33 bits per heavy atom. The number of hydrogen-bond donors (Lipinski definition) is 5. The molecule has 7 nitrogen and oxygen atoms in total. The zero-order valence-corrected chi connectivity index (χ0v) is 7.60. The molecule has 0 bridgehead atoms. The molecule has 0 aliphatic rings. The van der Waals surface area contributed by atoms with Crippen molar-refractivity contribution < 1.29 is 33.8 Å². The van der Waals surface area contributed by atoms with Crippen LogP contribution in [0.15, 0.2) is 0 Å². The van der Waals surface area contributed by atoms with E-state index in [1.165, 1.54) is 0 Å². The average Bonchev–Trinajstić information content (AvgIpc) is 1.78. The van der Waals surface area contributed by atoms with Gasteiger partial charge in [0.15, 0.2) is 6.29 Å². The molecule has 0 aromatic heterocycles. The Labute approximate surface area is 68.4 Å². The third kappa shape index (κ3) is 4.90. The highest BCUT2D eigenvalue weighted by Crippen LogP contribution is 2.53. The standard InChI is InChI=1S/C3H8O7P2/c4-1-3(12(8,9)10)2-11(5,6)7/h1,3,8-10H,2H2,(H-,5,6,7)/p+1. The van der Waals surface area contributed by atoms with E-state index in [9.17, 15) is 9.36 Å². The van der Waals surface area contributed by atoms with Gasteiger partial charge in [-0.05, 0) is 0 Å². The normalized spacial score (nSPS) is 15.8. The fourth-order valence-electron chi connectivity index (χ4n) is 0.478. The van der Waals surface area contributed by atoms with E-state index in [0.717, 1.165) is 0 Å². The predicted octanol–water partition coefficient (Wildman–Crippen LogP) is -1.53.